The Morgan fingerprint density at radius 3 is 2.67 bits per heavy atom. The van der Waals surface area contributed by atoms with Crippen LogP contribution in [-0.2, 0) is 6.42 Å². The maximum atomic E-state index is 8.54. The third-order valence-corrected chi connectivity index (χ3v) is 2.52. The smallest absolute Gasteiger partial charge is 0.117 e. The molecular formula is C8H14N2OS. The Bertz CT molecular complexity index is 225. The molecular weight excluding hydrogens is 172 g/mol. The van der Waals surface area contributed by atoms with Gasteiger partial charge in [-0.15, -0.1) is 21.5 Å². The average molecular weight is 186 g/mol. The Balaban J connectivity index is 2.15. The van der Waals surface area contributed by atoms with Crippen LogP contribution in [0.5, 0.6) is 0 Å². The average Bonchev–Trinajstić information content (AvgIpc) is 2.45. The van der Waals surface area contributed by atoms with Gasteiger partial charge < -0.3 is 5.11 Å². The fourth-order valence-electron chi connectivity index (χ4n) is 1.00. The van der Waals surface area contributed by atoms with E-state index in [0.29, 0.717) is 6.61 Å². The van der Waals surface area contributed by atoms with Gasteiger partial charge in [-0.05, 0) is 19.8 Å². The van der Waals surface area contributed by atoms with E-state index in [4.69, 9.17) is 5.11 Å². The van der Waals surface area contributed by atoms with E-state index < -0.39 is 0 Å². The SMILES string of the molecule is Cc1nnc(CCCCCO)s1. The van der Waals surface area contributed by atoms with Crippen LogP contribution in [0.15, 0.2) is 0 Å². The number of aliphatic hydroxyl groups is 1. The fraction of sp³-hybridized carbons (Fsp3) is 0.750. The molecule has 0 amide bonds. The van der Waals surface area contributed by atoms with E-state index in [1.54, 1.807) is 11.3 Å². The largest absolute Gasteiger partial charge is 0.396 e. The van der Waals surface area contributed by atoms with Crippen LogP contribution < -0.4 is 0 Å². The van der Waals surface area contributed by atoms with Crippen LogP contribution in [0.1, 0.15) is 29.3 Å². The van der Waals surface area contributed by atoms with Crippen LogP contribution in [0, 0.1) is 6.92 Å². The molecule has 1 heterocycles. The lowest BCUT2D eigenvalue weighted by molar-refractivity contribution is 0.283. The standard InChI is InChI=1S/C8H14N2OS/c1-7-9-10-8(12-7)5-3-2-4-6-11/h11H,2-6H2,1H3. The summed E-state index contributed by atoms with van der Waals surface area (Å²) in [5.41, 5.74) is 0. The summed E-state index contributed by atoms with van der Waals surface area (Å²) in [6, 6.07) is 0. The van der Waals surface area contributed by atoms with Gasteiger partial charge in [0.15, 0.2) is 0 Å². The Labute approximate surface area is 76.5 Å². The van der Waals surface area contributed by atoms with Crippen molar-refractivity contribution in [1.82, 2.24) is 10.2 Å². The zero-order valence-electron chi connectivity index (χ0n) is 7.29. The summed E-state index contributed by atoms with van der Waals surface area (Å²) in [4.78, 5) is 0. The highest BCUT2D eigenvalue weighted by Crippen LogP contribution is 2.11. The van der Waals surface area contributed by atoms with Gasteiger partial charge in [-0.1, -0.05) is 6.42 Å². The lowest BCUT2D eigenvalue weighted by Crippen LogP contribution is -1.87. The molecule has 0 aliphatic carbocycles. The minimum atomic E-state index is 0.301. The molecule has 3 nitrogen and oxygen atoms in total. The molecule has 68 valence electrons. The molecule has 0 aromatic carbocycles. The lowest BCUT2D eigenvalue weighted by Gasteiger charge is -1.94. The summed E-state index contributed by atoms with van der Waals surface area (Å²) >= 11 is 1.66. The van der Waals surface area contributed by atoms with Crippen LogP contribution >= 0.6 is 11.3 Å². The highest BCUT2D eigenvalue weighted by atomic mass is 32.1. The predicted molar refractivity (Wildman–Crippen MR) is 49.3 cm³/mol. The van der Waals surface area contributed by atoms with Crippen molar-refractivity contribution in [3.05, 3.63) is 10.0 Å². The van der Waals surface area contributed by atoms with E-state index in [1.165, 1.54) is 0 Å². The predicted octanol–water partition coefficient (Wildman–Crippen LogP) is 1.55. The lowest BCUT2D eigenvalue weighted by atomic mass is 10.2. The van der Waals surface area contributed by atoms with Gasteiger partial charge in [-0.2, -0.15) is 0 Å². The molecule has 0 spiro atoms. The van der Waals surface area contributed by atoms with Gasteiger partial charge in [0, 0.05) is 13.0 Å². The summed E-state index contributed by atoms with van der Waals surface area (Å²) in [5, 5.41) is 18.6. The first kappa shape index (κ1) is 9.61. The molecule has 1 aromatic heterocycles. The van der Waals surface area contributed by atoms with Crippen LogP contribution in [0.3, 0.4) is 0 Å². The summed E-state index contributed by atoms with van der Waals surface area (Å²) in [5.74, 6) is 0. The molecule has 0 saturated heterocycles. The van der Waals surface area contributed by atoms with E-state index in [-0.39, 0.29) is 0 Å². The monoisotopic (exact) mass is 186 g/mol. The molecule has 0 bridgehead atoms. The van der Waals surface area contributed by atoms with E-state index in [1.807, 2.05) is 6.92 Å². The molecule has 0 aliphatic rings. The molecule has 0 fully saturated rings. The first-order valence-corrected chi connectivity index (χ1v) is 5.04. The third kappa shape index (κ3) is 3.28. The van der Waals surface area contributed by atoms with Crippen molar-refractivity contribution in [3.8, 4) is 0 Å². The Morgan fingerprint density at radius 1 is 1.25 bits per heavy atom. The van der Waals surface area contributed by atoms with Crippen LogP contribution in [0.25, 0.3) is 0 Å². The highest BCUT2D eigenvalue weighted by Gasteiger charge is 1.98. The normalized spacial score (nSPS) is 10.5. The van der Waals surface area contributed by atoms with E-state index in [0.717, 1.165) is 35.7 Å². The molecule has 0 saturated carbocycles. The van der Waals surface area contributed by atoms with Gasteiger partial charge in [0.25, 0.3) is 0 Å². The zero-order valence-corrected chi connectivity index (χ0v) is 8.10. The number of aromatic nitrogens is 2. The molecule has 0 atom stereocenters. The minimum absolute atomic E-state index is 0.301. The van der Waals surface area contributed by atoms with Crippen molar-refractivity contribution in [3.63, 3.8) is 0 Å². The topological polar surface area (TPSA) is 46.0 Å². The van der Waals surface area contributed by atoms with Gasteiger partial charge in [-0.25, -0.2) is 0 Å². The number of nitrogens with zero attached hydrogens (tertiary/aromatic N) is 2. The van der Waals surface area contributed by atoms with Gasteiger partial charge in [0.05, 0.1) is 0 Å². The molecule has 1 aromatic rings. The highest BCUT2D eigenvalue weighted by molar-refractivity contribution is 7.11. The first-order valence-electron chi connectivity index (χ1n) is 4.23. The molecule has 0 radical (unpaired) electrons. The molecule has 4 heteroatoms. The Hall–Kier alpha value is -0.480. The maximum absolute atomic E-state index is 8.54. The number of aliphatic hydroxyl groups excluding tert-OH is 1. The second kappa shape index (κ2) is 5.22. The van der Waals surface area contributed by atoms with Crippen molar-refractivity contribution in [2.45, 2.75) is 32.6 Å². The molecule has 0 aliphatic heterocycles. The van der Waals surface area contributed by atoms with Crippen molar-refractivity contribution < 1.29 is 5.11 Å². The summed E-state index contributed by atoms with van der Waals surface area (Å²) < 4.78 is 0. The Morgan fingerprint density at radius 2 is 2.08 bits per heavy atom. The zero-order chi connectivity index (χ0) is 8.81. The Kier molecular flexibility index (Phi) is 4.18. The number of hydrogen-bond donors (Lipinski definition) is 1. The fourth-order valence-corrected chi connectivity index (χ4v) is 1.75. The molecule has 1 rings (SSSR count). The first-order chi connectivity index (χ1) is 5.83. The number of aryl methyl sites for hydroxylation is 2. The van der Waals surface area contributed by atoms with Crippen LogP contribution in [0.4, 0.5) is 0 Å². The molecule has 0 unspecified atom stereocenters. The summed E-state index contributed by atoms with van der Waals surface area (Å²) in [7, 11) is 0. The van der Waals surface area contributed by atoms with Crippen molar-refractivity contribution >= 4 is 11.3 Å². The quantitative estimate of drug-likeness (QED) is 0.710. The van der Waals surface area contributed by atoms with Gasteiger partial charge in [0.2, 0.25) is 0 Å². The minimum Gasteiger partial charge on any atom is -0.396 e. The van der Waals surface area contributed by atoms with E-state index >= 15 is 0 Å². The number of hydrogen-bond acceptors (Lipinski definition) is 4. The van der Waals surface area contributed by atoms with Gasteiger partial charge >= 0.3 is 0 Å². The second-order valence-corrected chi connectivity index (χ2v) is 4.02. The second-order valence-electron chi connectivity index (χ2n) is 2.75. The van der Waals surface area contributed by atoms with Crippen LogP contribution in [0.2, 0.25) is 0 Å². The summed E-state index contributed by atoms with van der Waals surface area (Å²) in [6.45, 7) is 2.27. The molecule has 1 N–H and O–H groups in total. The maximum Gasteiger partial charge on any atom is 0.117 e. The third-order valence-electron chi connectivity index (χ3n) is 1.62. The van der Waals surface area contributed by atoms with Crippen molar-refractivity contribution in [2.75, 3.05) is 6.61 Å². The van der Waals surface area contributed by atoms with E-state index in [9.17, 15) is 0 Å². The summed E-state index contributed by atoms with van der Waals surface area (Å²) in [6.07, 6.45) is 4.09. The molecule has 12 heavy (non-hydrogen) atoms. The van der Waals surface area contributed by atoms with Crippen LogP contribution in [-0.4, -0.2) is 21.9 Å². The van der Waals surface area contributed by atoms with Crippen molar-refractivity contribution in [2.24, 2.45) is 0 Å². The van der Waals surface area contributed by atoms with Gasteiger partial charge in [-0.3, -0.25) is 0 Å². The number of unbranched alkanes of at least 4 members (excludes halogenated alkanes) is 2. The van der Waals surface area contributed by atoms with Crippen molar-refractivity contribution in [1.29, 1.82) is 0 Å². The number of rotatable bonds is 5. The van der Waals surface area contributed by atoms with Gasteiger partial charge in [0.1, 0.15) is 10.0 Å². The van der Waals surface area contributed by atoms with E-state index in [2.05, 4.69) is 10.2 Å².